The Bertz CT molecular complexity index is 2290. The van der Waals surface area contributed by atoms with Gasteiger partial charge in [-0.1, -0.05) is 111 Å². The third-order valence-corrected chi connectivity index (χ3v) is 9.24. The van der Waals surface area contributed by atoms with E-state index in [1.165, 1.54) is 11.1 Å². The number of anilines is 3. The fourth-order valence-electron chi connectivity index (χ4n) is 7.17. The maximum atomic E-state index is 10.6. The quantitative estimate of drug-likeness (QED) is 0.196. The van der Waals surface area contributed by atoms with Gasteiger partial charge in [-0.25, -0.2) is 4.85 Å². The summed E-state index contributed by atoms with van der Waals surface area (Å²) in [4.78, 5) is 6.20. The van der Waals surface area contributed by atoms with Crippen LogP contribution in [0, 0.1) is 17.9 Å². The van der Waals surface area contributed by atoms with E-state index in [2.05, 4.69) is 137 Å². The zero-order chi connectivity index (χ0) is 30.7. The van der Waals surface area contributed by atoms with Gasteiger partial charge in [-0.05, 0) is 58.7 Å². The van der Waals surface area contributed by atoms with Crippen LogP contribution in [0.2, 0.25) is 0 Å². The van der Waals surface area contributed by atoms with Crippen molar-refractivity contribution in [2.24, 2.45) is 0 Å². The van der Waals surface area contributed by atoms with E-state index >= 15 is 0 Å². The van der Waals surface area contributed by atoms with Crippen molar-refractivity contribution >= 4 is 44.6 Å². The van der Waals surface area contributed by atoms with Gasteiger partial charge < -0.3 is 9.47 Å². The van der Waals surface area contributed by atoms with Crippen molar-refractivity contribution in [1.82, 2.24) is 4.57 Å². The molecule has 0 fully saturated rings. The monoisotopic (exact) mass is 576 g/mol. The molecule has 8 rings (SSSR count). The van der Waals surface area contributed by atoms with E-state index in [0.717, 1.165) is 55.7 Å². The van der Waals surface area contributed by atoms with Crippen LogP contribution in [0.5, 0.6) is 0 Å². The van der Waals surface area contributed by atoms with Gasteiger partial charge in [0.05, 0.1) is 45.9 Å². The molecule has 0 saturated heterocycles. The number of nitriles is 1. The van der Waals surface area contributed by atoms with Gasteiger partial charge in [0.2, 0.25) is 5.69 Å². The Morgan fingerprint density at radius 1 is 0.644 bits per heavy atom. The number of nitrogens with zero attached hydrogens (tertiary/aromatic N) is 4. The number of hydrogen-bond acceptors (Lipinski definition) is 2. The average Bonchev–Trinajstić information content (AvgIpc) is 3.42. The van der Waals surface area contributed by atoms with Crippen molar-refractivity contribution in [3.63, 3.8) is 0 Å². The molecule has 4 nitrogen and oxygen atoms in total. The molecule has 1 aliphatic rings. The molecule has 45 heavy (non-hydrogen) atoms. The molecule has 0 amide bonds. The standard InChI is InChI=1S/C41H28N4/c1-41(2)32-16-6-10-21-38(32)44(39-22-11-7-17-33(39)41)35-24-23-27(25-28(35)26-42)29-15-12-18-34(43-3)40(29)45-36-19-8-4-13-30(36)31-14-5-9-20-37(31)45/h4-25H,1-2H3. The average molecular weight is 577 g/mol. The molecule has 1 aromatic heterocycles. The molecular weight excluding hydrogens is 548 g/mol. The summed E-state index contributed by atoms with van der Waals surface area (Å²) in [5.41, 5.74) is 11.0. The van der Waals surface area contributed by atoms with Gasteiger partial charge in [0.25, 0.3) is 0 Å². The second-order valence-corrected chi connectivity index (χ2v) is 12.0. The highest BCUT2D eigenvalue weighted by Crippen LogP contribution is 2.52. The Hall–Kier alpha value is -6.10. The summed E-state index contributed by atoms with van der Waals surface area (Å²) < 4.78 is 2.20. The first kappa shape index (κ1) is 26.5. The third-order valence-electron chi connectivity index (χ3n) is 9.24. The van der Waals surface area contributed by atoms with Crippen LogP contribution in [-0.4, -0.2) is 4.57 Å². The van der Waals surface area contributed by atoms with Gasteiger partial charge in [-0.2, -0.15) is 5.26 Å². The minimum Gasteiger partial charge on any atom is -0.318 e. The van der Waals surface area contributed by atoms with Gasteiger partial charge in [0.15, 0.2) is 0 Å². The second-order valence-electron chi connectivity index (χ2n) is 12.0. The fourth-order valence-corrected chi connectivity index (χ4v) is 7.17. The molecular formula is C41H28N4. The molecule has 0 saturated carbocycles. The Kier molecular flexibility index (Phi) is 5.88. The molecule has 0 radical (unpaired) electrons. The number of benzene rings is 6. The highest BCUT2D eigenvalue weighted by atomic mass is 15.2. The maximum Gasteiger partial charge on any atom is 0.211 e. The lowest BCUT2D eigenvalue weighted by Crippen LogP contribution is -2.30. The van der Waals surface area contributed by atoms with Crippen molar-refractivity contribution < 1.29 is 0 Å². The lowest BCUT2D eigenvalue weighted by atomic mass is 9.73. The Balaban J connectivity index is 1.37. The lowest BCUT2D eigenvalue weighted by molar-refractivity contribution is 0.632. The van der Waals surface area contributed by atoms with Gasteiger partial charge in [-0.3, -0.25) is 0 Å². The van der Waals surface area contributed by atoms with E-state index < -0.39 is 0 Å². The Morgan fingerprint density at radius 2 is 1.22 bits per heavy atom. The molecule has 0 N–H and O–H groups in total. The van der Waals surface area contributed by atoms with Crippen LogP contribution >= 0.6 is 0 Å². The predicted molar refractivity (Wildman–Crippen MR) is 184 cm³/mol. The number of hydrogen-bond donors (Lipinski definition) is 0. The van der Waals surface area contributed by atoms with E-state index in [9.17, 15) is 5.26 Å². The van der Waals surface area contributed by atoms with E-state index in [4.69, 9.17) is 6.57 Å². The van der Waals surface area contributed by atoms with Gasteiger partial charge >= 0.3 is 0 Å². The first-order chi connectivity index (χ1) is 22.0. The normalized spacial score (nSPS) is 13.2. The van der Waals surface area contributed by atoms with Crippen LogP contribution < -0.4 is 4.90 Å². The summed E-state index contributed by atoms with van der Waals surface area (Å²) >= 11 is 0. The summed E-state index contributed by atoms with van der Waals surface area (Å²) in [6.07, 6.45) is 0. The highest BCUT2D eigenvalue weighted by molar-refractivity contribution is 6.10. The minimum absolute atomic E-state index is 0.187. The summed E-state index contributed by atoms with van der Waals surface area (Å²) in [5.74, 6) is 0. The van der Waals surface area contributed by atoms with E-state index in [-0.39, 0.29) is 5.41 Å². The number of aromatic nitrogens is 1. The van der Waals surface area contributed by atoms with Gasteiger partial charge in [0, 0.05) is 16.2 Å². The summed E-state index contributed by atoms with van der Waals surface area (Å²) in [6, 6.07) is 48.1. The smallest absolute Gasteiger partial charge is 0.211 e. The first-order valence-electron chi connectivity index (χ1n) is 15.1. The van der Waals surface area contributed by atoms with Gasteiger partial charge in [0.1, 0.15) is 6.07 Å². The van der Waals surface area contributed by atoms with Crippen molar-refractivity contribution in [3.8, 4) is 22.9 Å². The van der Waals surface area contributed by atoms with Crippen molar-refractivity contribution in [3.05, 3.63) is 162 Å². The second kappa shape index (κ2) is 9.98. The molecule has 0 atom stereocenters. The van der Waals surface area contributed by atoms with Crippen molar-refractivity contribution in [1.29, 1.82) is 5.26 Å². The minimum atomic E-state index is -0.187. The highest BCUT2D eigenvalue weighted by Gasteiger charge is 2.37. The molecule has 0 spiro atoms. The summed E-state index contributed by atoms with van der Waals surface area (Å²) in [5, 5.41) is 12.9. The first-order valence-corrected chi connectivity index (χ1v) is 15.1. The lowest BCUT2D eigenvalue weighted by Gasteiger charge is -2.42. The van der Waals surface area contributed by atoms with Crippen molar-refractivity contribution in [2.45, 2.75) is 19.3 Å². The number of fused-ring (bicyclic) bond motifs is 5. The third kappa shape index (κ3) is 3.83. The van der Waals surface area contributed by atoms with Crippen molar-refractivity contribution in [2.75, 3.05) is 4.90 Å². The molecule has 2 heterocycles. The largest absolute Gasteiger partial charge is 0.318 e. The Morgan fingerprint density at radius 3 is 1.82 bits per heavy atom. The zero-order valence-electron chi connectivity index (χ0n) is 25.0. The molecule has 6 aromatic carbocycles. The molecule has 0 aliphatic carbocycles. The van der Waals surface area contributed by atoms with Crippen LogP contribution in [0.15, 0.2) is 133 Å². The SMILES string of the molecule is [C-]#[N+]c1cccc(-c2ccc(N3c4ccccc4C(C)(C)c4ccccc43)c(C#N)c2)c1-n1c2ccccc2c2ccccc21. The predicted octanol–water partition coefficient (Wildman–Crippen LogP) is 11.0. The van der Waals surface area contributed by atoms with Crippen LogP contribution in [0.1, 0.15) is 30.5 Å². The molecule has 0 unspecified atom stereocenters. The molecule has 4 heteroatoms. The molecule has 212 valence electrons. The van der Waals surface area contributed by atoms with Crippen LogP contribution in [0.25, 0.3) is 43.5 Å². The van der Waals surface area contributed by atoms with Crippen LogP contribution in [-0.2, 0) is 5.41 Å². The van der Waals surface area contributed by atoms with E-state index in [1.54, 1.807) is 0 Å². The van der Waals surface area contributed by atoms with E-state index in [0.29, 0.717) is 11.3 Å². The maximum absolute atomic E-state index is 10.6. The van der Waals surface area contributed by atoms with Gasteiger partial charge in [-0.15, -0.1) is 0 Å². The Labute approximate surface area is 262 Å². The van der Waals surface area contributed by atoms with Crippen LogP contribution in [0.3, 0.4) is 0 Å². The zero-order valence-corrected chi connectivity index (χ0v) is 25.0. The molecule has 1 aliphatic heterocycles. The summed E-state index contributed by atoms with van der Waals surface area (Å²) in [6.45, 7) is 12.7. The summed E-state index contributed by atoms with van der Waals surface area (Å²) in [7, 11) is 0. The van der Waals surface area contributed by atoms with E-state index in [1.807, 2.05) is 30.3 Å². The topological polar surface area (TPSA) is 36.3 Å². The number of rotatable bonds is 3. The number of para-hydroxylation sites is 5. The molecule has 0 bridgehead atoms. The molecule has 7 aromatic rings. The fraction of sp³-hybridized carbons (Fsp3) is 0.0732. The van der Waals surface area contributed by atoms with Crippen LogP contribution in [0.4, 0.5) is 22.7 Å².